The molecular weight excluding hydrogens is 485 g/mol. The second kappa shape index (κ2) is 8.58. The van der Waals surface area contributed by atoms with Gasteiger partial charge in [0.25, 0.3) is 10.0 Å². The SMILES string of the molecule is Cc1nc2cnc3c(ccn3S(=O)(=O)c3ccccc3)c2n1[C@@H]1CCN(C(=O)OC(C)(C)C)C[C@H]1F. The first-order valence-corrected chi connectivity index (χ1v) is 13.2. The number of likely N-dealkylation sites (tertiary alicyclic amines) is 1. The lowest BCUT2D eigenvalue weighted by Gasteiger charge is -2.36. The lowest BCUT2D eigenvalue weighted by molar-refractivity contribution is 0.00693. The molecule has 4 aromatic rings. The molecule has 0 unspecified atom stereocenters. The Morgan fingerprint density at radius 3 is 2.56 bits per heavy atom. The Bertz CT molecular complexity index is 1560. The monoisotopic (exact) mass is 513 g/mol. The predicted octanol–water partition coefficient (Wildman–Crippen LogP) is 4.45. The van der Waals surface area contributed by atoms with Crippen LogP contribution in [0.25, 0.3) is 22.1 Å². The van der Waals surface area contributed by atoms with E-state index in [0.29, 0.717) is 35.2 Å². The number of rotatable bonds is 3. The number of ether oxygens (including phenoxy) is 1. The number of hydrogen-bond donors (Lipinski definition) is 0. The third kappa shape index (κ3) is 4.11. The molecule has 1 aliphatic heterocycles. The van der Waals surface area contributed by atoms with E-state index < -0.39 is 33.9 Å². The maximum Gasteiger partial charge on any atom is 0.410 e. The van der Waals surface area contributed by atoms with Gasteiger partial charge in [0.15, 0.2) is 5.65 Å². The van der Waals surface area contributed by atoms with E-state index in [1.807, 2.05) is 4.57 Å². The number of aromatic nitrogens is 4. The van der Waals surface area contributed by atoms with Crippen molar-refractivity contribution in [1.29, 1.82) is 0 Å². The van der Waals surface area contributed by atoms with Crippen molar-refractivity contribution in [2.24, 2.45) is 0 Å². The van der Waals surface area contributed by atoms with Gasteiger partial charge in [-0.25, -0.2) is 31.5 Å². The highest BCUT2D eigenvalue weighted by Gasteiger charge is 2.36. The van der Waals surface area contributed by atoms with Crippen LogP contribution in [0.5, 0.6) is 0 Å². The van der Waals surface area contributed by atoms with E-state index in [4.69, 9.17) is 4.74 Å². The number of benzene rings is 1. The summed E-state index contributed by atoms with van der Waals surface area (Å²) in [6.07, 6.45) is 1.44. The van der Waals surface area contributed by atoms with E-state index in [-0.39, 0.29) is 17.1 Å². The van der Waals surface area contributed by atoms with Gasteiger partial charge in [-0.05, 0) is 52.3 Å². The first-order valence-electron chi connectivity index (χ1n) is 11.7. The Morgan fingerprint density at radius 1 is 1.17 bits per heavy atom. The molecule has 0 bridgehead atoms. The number of hydrogen-bond acceptors (Lipinski definition) is 6. The van der Waals surface area contributed by atoms with E-state index in [9.17, 15) is 13.2 Å². The van der Waals surface area contributed by atoms with Gasteiger partial charge in [0, 0.05) is 18.1 Å². The van der Waals surface area contributed by atoms with Crippen molar-refractivity contribution < 1.29 is 22.3 Å². The minimum Gasteiger partial charge on any atom is -0.444 e. The van der Waals surface area contributed by atoms with Crippen LogP contribution in [-0.4, -0.2) is 62.8 Å². The van der Waals surface area contributed by atoms with Crippen molar-refractivity contribution >= 4 is 38.2 Å². The van der Waals surface area contributed by atoms with E-state index in [2.05, 4.69) is 9.97 Å². The number of alkyl halides is 1. The molecule has 190 valence electrons. The second-order valence-corrected chi connectivity index (χ2v) is 11.8. The Balaban J connectivity index is 1.54. The fourth-order valence-electron chi connectivity index (χ4n) is 4.75. The molecule has 0 radical (unpaired) electrons. The number of halogens is 1. The summed E-state index contributed by atoms with van der Waals surface area (Å²) in [5.41, 5.74) is 0.756. The first-order chi connectivity index (χ1) is 17.0. The molecule has 0 saturated carbocycles. The molecule has 36 heavy (non-hydrogen) atoms. The van der Waals surface area contributed by atoms with Gasteiger partial charge in [-0.15, -0.1) is 0 Å². The lowest BCUT2D eigenvalue weighted by atomic mass is 10.0. The minimum absolute atomic E-state index is 0.101. The Hall–Kier alpha value is -3.47. The minimum atomic E-state index is -3.87. The van der Waals surface area contributed by atoms with E-state index >= 15 is 4.39 Å². The normalized spacial score (nSPS) is 19.2. The van der Waals surface area contributed by atoms with Crippen molar-refractivity contribution in [2.75, 3.05) is 13.1 Å². The zero-order chi connectivity index (χ0) is 25.8. The maximum atomic E-state index is 15.6. The van der Waals surface area contributed by atoms with Crippen molar-refractivity contribution in [3.63, 3.8) is 0 Å². The molecule has 3 aromatic heterocycles. The molecule has 1 fully saturated rings. The lowest BCUT2D eigenvalue weighted by Crippen LogP contribution is -2.47. The Morgan fingerprint density at radius 2 is 1.89 bits per heavy atom. The number of nitrogens with zero attached hydrogens (tertiary/aromatic N) is 5. The molecule has 0 spiro atoms. The van der Waals surface area contributed by atoms with Gasteiger partial charge in [0.2, 0.25) is 0 Å². The van der Waals surface area contributed by atoms with Gasteiger partial charge in [0.1, 0.15) is 23.1 Å². The van der Waals surface area contributed by atoms with Crippen LogP contribution in [0.3, 0.4) is 0 Å². The molecule has 5 rings (SSSR count). The molecule has 0 N–H and O–H groups in total. The van der Waals surface area contributed by atoms with Gasteiger partial charge in [-0.3, -0.25) is 0 Å². The van der Waals surface area contributed by atoms with E-state index in [0.717, 1.165) is 3.97 Å². The molecule has 0 aliphatic carbocycles. The number of imidazole rings is 1. The molecule has 4 heterocycles. The number of carbonyl (C=O) groups excluding carboxylic acids is 1. The summed E-state index contributed by atoms with van der Waals surface area (Å²) >= 11 is 0. The van der Waals surface area contributed by atoms with Crippen LogP contribution in [0.4, 0.5) is 9.18 Å². The third-order valence-corrected chi connectivity index (χ3v) is 7.98. The average Bonchev–Trinajstić information content (AvgIpc) is 3.39. The van der Waals surface area contributed by atoms with E-state index in [1.54, 1.807) is 52.0 Å². The van der Waals surface area contributed by atoms with Gasteiger partial charge in [-0.2, -0.15) is 0 Å². The number of piperidine rings is 1. The summed E-state index contributed by atoms with van der Waals surface area (Å²) in [5, 5.41) is 0.564. The van der Waals surface area contributed by atoms with Crippen LogP contribution in [0.2, 0.25) is 0 Å². The molecule has 1 amide bonds. The molecule has 11 heteroatoms. The highest BCUT2D eigenvalue weighted by molar-refractivity contribution is 7.90. The van der Waals surface area contributed by atoms with Gasteiger partial charge < -0.3 is 14.2 Å². The smallest absolute Gasteiger partial charge is 0.410 e. The van der Waals surface area contributed by atoms with Crippen molar-refractivity contribution in [3.05, 3.63) is 54.6 Å². The third-order valence-electron chi connectivity index (χ3n) is 6.30. The van der Waals surface area contributed by atoms with Crippen LogP contribution in [0.1, 0.15) is 39.1 Å². The van der Waals surface area contributed by atoms with Gasteiger partial charge in [0.05, 0.1) is 29.2 Å². The van der Waals surface area contributed by atoms with Crippen molar-refractivity contribution in [3.8, 4) is 0 Å². The van der Waals surface area contributed by atoms with Gasteiger partial charge in [-0.1, -0.05) is 18.2 Å². The number of carbonyl (C=O) groups is 1. The van der Waals surface area contributed by atoms with Crippen molar-refractivity contribution in [2.45, 2.75) is 56.8 Å². The number of pyridine rings is 1. The van der Waals surface area contributed by atoms with Crippen LogP contribution in [0, 0.1) is 6.92 Å². The first kappa shape index (κ1) is 24.2. The molecule has 1 saturated heterocycles. The maximum absolute atomic E-state index is 15.6. The zero-order valence-corrected chi connectivity index (χ0v) is 21.4. The number of amides is 1. The summed E-state index contributed by atoms with van der Waals surface area (Å²) < 4.78 is 50.5. The predicted molar refractivity (Wildman–Crippen MR) is 133 cm³/mol. The molecule has 1 aliphatic rings. The fourth-order valence-corrected chi connectivity index (χ4v) is 6.07. The van der Waals surface area contributed by atoms with E-state index in [1.165, 1.54) is 29.4 Å². The summed E-state index contributed by atoms with van der Waals surface area (Å²) in [4.78, 5) is 23.0. The largest absolute Gasteiger partial charge is 0.444 e. The Kier molecular flexibility index (Phi) is 5.77. The zero-order valence-electron chi connectivity index (χ0n) is 20.6. The van der Waals surface area contributed by atoms with Crippen molar-refractivity contribution in [1.82, 2.24) is 23.4 Å². The van der Waals surface area contributed by atoms with Gasteiger partial charge >= 0.3 is 6.09 Å². The molecule has 2 atom stereocenters. The van der Waals surface area contributed by atoms with Crippen LogP contribution < -0.4 is 0 Å². The average molecular weight is 514 g/mol. The Labute approximate surface area is 208 Å². The van der Waals surface area contributed by atoms with Crippen LogP contribution in [-0.2, 0) is 14.8 Å². The van der Waals surface area contributed by atoms with Crippen LogP contribution in [0.15, 0.2) is 53.7 Å². The summed E-state index contributed by atoms with van der Waals surface area (Å²) in [7, 11) is -3.87. The standard InChI is InChI=1S/C25H28FN5O4S/c1-16-28-20-14-27-23-18(10-13-30(23)36(33,34)17-8-6-5-7-9-17)22(20)31(16)21-11-12-29(15-19(21)26)24(32)35-25(2,3)4/h5-10,13-14,19,21H,11-12,15H2,1-4H3/t19-,21-/m1/s1. The highest BCUT2D eigenvalue weighted by atomic mass is 32.2. The fraction of sp³-hybridized carbons (Fsp3) is 0.400. The second-order valence-electron chi connectivity index (χ2n) is 9.99. The summed E-state index contributed by atoms with van der Waals surface area (Å²) in [6.45, 7) is 7.34. The quantitative estimate of drug-likeness (QED) is 0.401. The molecule has 9 nitrogen and oxygen atoms in total. The summed E-state index contributed by atoms with van der Waals surface area (Å²) in [5.74, 6) is 0.594. The molecular formula is C25H28FN5O4S. The number of aryl methyl sites for hydroxylation is 1. The topological polar surface area (TPSA) is 99.3 Å². The molecule has 1 aromatic carbocycles. The number of fused-ring (bicyclic) bond motifs is 3. The highest BCUT2D eigenvalue weighted by Crippen LogP contribution is 2.35. The van der Waals surface area contributed by atoms with Crippen LogP contribution >= 0.6 is 0 Å². The summed E-state index contributed by atoms with van der Waals surface area (Å²) in [6, 6.07) is 9.22.